The molecule has 1 aromatic carbocycles. The molecule has 0 aliphatic heterocycles. The van der Waals surface area contributed by atoms with Crippen molar-refractivity contribution in [3.05, 3.63) is 35.6 Å². The van der Waals surface area contributed by atoms with Gasteiger partial charge in [-0.05, 0) is 30.5 Å². The summed E-state index contributed by atoms with van der Waals surface area (Å²) in [5.41, 5.74) is 6.99. The van der Waals surface area contributed by atoms with Gasteiger partial charge in [0, 0.05) is 30.9 Å². The van der Waals surface area contributed by atoms with Gasteiger partial charge in [0.05, 0.1) is 11.6 Å². The van der Waals surface area contributed by atoms with Crippen molar-refractivity contribution in [2.75, 3.05) is 19.5 Å². The number of hydrogen-bond donors (Lipinski definition) is 2. The molecule has 3 N–H and O–H groups in total. The van der Waals surface area contributed by atoms with Crippen molar-refractivity contribution in [3.8, 4) is 0 Å². The second-order valence-corrected chi connectivity index (χ2v) is 6.15. The number of aliphatic hydroxyl groups is 1. The highest BCUT2D eigenvalue weighted by molar-refractivity contribution is 5.80. The zero-order chi connectivity index (χ0) is 16.6. The molecule has 1 fully saturated rings. The number of benzene rings is 1. The summed E-state index contributed by atoms with van der Waals surface area (Å²) >= 11 is 0. The van der Waals surface area contributed by atoms with Crippen LogP contribution in [0.5, 0.6) is 0 Å². The second kappa shape index (κ2) is 6.37. The average Bonchev–Trinajstić information content (AvgIpc) is 2.84. The molecule has 1 aliphatic rings. The zero-order valence-electron chi connectivity index (χ0n) is 12.9. The fourth-order valence-corrected chi connectivity index (χ4v) is 3.54. The van der Waals surface area contributed by atoms with Crippen molar-refractivity contribution in [2.24, 2.45) is 11.8 Å². The Hall–Kier alpha value is -1.79. The second-order valence-electron chi connectivity index (χ2n) is 6.15. The number of fused-ring (bicyclic) bond motifs is 1. The maximum absolute atomic E-state index is 14.3. The topological polar surface area (TPSA) is 68.4 Å². The molecule has 1 aliphatic carbocycles. The van der Waals surface area contributed by atoms with Crippen LogP contribution in [0.2, 0.25) is 0 Å². The summed E-state index contributed by atoms with van der Waals surface area (Å²) in [4.78, 5) is 4.04. The molecule has 4 atom stereocenters. The van der Waals surface area contributed by atoms with Gasteiger partial charge in [0.15, 0.2) is 11.6 Å². The van der Waals surface area contributed by atoms with E-state index in [1.54, 1.807) is 19.2 Å². The molecule has 0 amide bonds. The number of hydrogen-bond acceptors (Lipinski definition) is 4. The lowest BCUT2D eigenvalue weighted by atomic mass is 9.93. The molecule has 3 rings (SSSR count). The van der Waals surface area contributed by atoms with Crippen LogP contribution in [0.25, 0.3) is 10.9 Å². The van der Waals surface area contributed by atoms with Crippen molar-refractivity contribution >= 4 is 16.7 Å². The zero-order valence-corrected chi connectivity index (χ0v) is 12.9. The molecule has 4 nitrogen and oxygen atoms in total. The molecule has 23 heavy (non-hydrogen) atoms. The first-order chi connectivity index (χ1) is 11.0. The van der Waals surface area contributed by atoms with E-state index < -0.39 is 12.0 Å². The Morgan fingerprint density at radius 1 is 1.39 bits per heavy atom. The molecule has 124 valence electrons. The van der Waals surface area contributed by atoms with Gasteiger partial charge in [0.2, 0.25) is 0 Å². The van der Waals surface area contributed by atoms with Crippen LogP contribution in [-0.4, -0.2) is 36.1 Å². The van der Waals surface area contributed by atoms with Crippen LogP contribution in [0.3, 0.4) is 0 Å². The number of aromatic nitrogens is 1. The minimum atomic E-state index is -1.01. The first-order valence-corrected chi connectivity index (χ1v) is 7.66. The molecule has 1 saturated carbocycles. The maximum atomic E-state index is 14.3. The molecule has 0 saturated heterocycles. The van der Waals surface area contributed by atoms with Crippen molar-refractivity contribution in [3.63, 3.8) is 0 Å². The minimum absolute atomic E-state index is 0.0789. The largest absolute Gasteiger partial charge is 0.396 e. The van der Waals surface area contributed by atoms with Crippen molar-refractivity contribution in [2.45, 2.75) is 25.1 Å². The molecule has 0 spiro atoms. The van der Waals surface area contributed by atoms with E-state index in [4.69, 9.17) is 10.5 Å². The third kappa shape index (κ3) is 3.01. The number of nitrogens with two attached hydrogens (primary N) is 1. The van der Waals surface area contributed by atoms with E-state index in [0.717, 1.165) is 5.56 Å². The van der Waals surface area contributed by atoms with Gasteiger partial charge in [0.1, 0.15) is 6.17 Å². The number of ether oxygens (including phenoxy) is 1. The highest BCUT2D eigenvalue weighted by atomic mass is 19.1. The van der Waals surface area contributed by atoms with Crippen LogP contribution in [-0.2, 0) is 11.2 Å². The predicted molar refractivity (Wildman–Crippen MR) is 84.2 cm³/mol. The number of methoxy groups -OCH3 is 1. The van der Waals surface area contributed by atoms with Crippen LogP contribution in [0.4, 0.5) is 14.6 Å². The molecule has 4 unspecified atom stereocenters. The van der Waals surface area contributed by atoms with E-state index in [1.807, 2.05) is 6.07 Å². The highest BCUT2D eigenvalue weighted by Gasteiger charge is 2.43. The molecular formula is C17H20F2N2O2. The van der Waals surface area contributed by atoms with Crippen molar-refractivity contribution in [1.82, 2.24) is 4.98 Å². The number of anilines is 1. The smallest absolute Gasteiger partial charge is 0.165 e. The third-order valence-electron chi connectivity index (χ3n) is 4.72. The van der Waals surface area contributed by atoms with Crippen LogP contribution in [0.1, 0.15) is 12.0 Å². The summed E-state index contributed by atoms with van der Waals surface area (Å²) in [6.07, 6.45) is -0.537. The Kier molecular flexibility index (Phi) is 4.46. The van der Waals surface area contributed by atoms with Gasteiger partial charge >= 0.3 is 0 Å². The number of nitrogen functional groups attached to an aromatic ring is 1. The molecular weight excluding hydrogens is 302 g/mol. The quantitative estimate of drug-likeness (QED) is 0.907. The van der Waals surface area contributed by atoms with E-state index in [1.165, 1.54) is 6.07 Å². The Morgan fingerprint density at radius 2 is 2.17 bits per heavy atom. The number of aliphatic hydroxyl groups excluding tert-OH is 1. The van der Waals surface area contributed by atoms with Gasteiger partial charge in [-0.1, -0.05) is 12.1 Å². The lowest BCUT2D eigenvalue weighted by Crippen LogP contribution is -2.29. The molecule has 0 radical (unpaired) electrons. The standard InChI is InChI=1S/C17H20F2N2O2/c1-23-16-11(8-22)7-13(18)12(16)4-9-2-3-10-6-14(19)17(20)21-15(10)5-9/h2-3,5-6,11-13,16,22H,4,7-8H2,1H3,(H2,20,21). The summed E-state index contributed by atoms with van der Waals surface area (Å²) in [5.74, 6) is -1.18. The Labute approximate surface area is 133 Å². The Morgan fingerprint density at radius 3 is 2.87 bits per heavy atom. The Balaban J connectivity index is 1.87. The Bertz CT molecular complexity index is 710. The van der Waals surface area contributed by atoms with E-state index in [9.17, 15) is 13.9 Å². The first kappa shape index (κ1) is 16.1. The van der Waals surface area contributed by atoms with Crippen LogP contribution >= 0.6 is 0 Å². The van der Waals surface area contributed by atoms with Gasteiger partial charge in [-0.25, -0.2) is 13.8 Å². The summed E-state index contributed by atoms with van der Waals surface area (Å²) in [6, 6.07) is 6.74. The van der Waals surface area contributed by atoms with Crippen molar-refractivity contribution in [1.29, 1.82) is 0 Å². The summed E-state index contributed by atoms with van der Waals surface area (Å²) in [6.45, 7) is -0.0789. The van der Waals surface area contributed by atoms with Gasteiger partial charge in [0.25, 0.3) is 0 Å². The normalized spacial score (nSPS) is 27.7. The molecule has 1 aromatic heterocycles. The fraction of sp³-hybridized carbons (Fsp3) is 0.471. The monoisotopic (exact) mass is 322 g/mol. The van der Waals surface area contributed by atoms with E-state index >= 15 is 0 Å². The lowest BCUT2D eigenvalue weighted by Gasteiger charge is -2.23. The average molecular weight is 322 g/mol. The van der Waals surface area contributed by atoms with Gasteiger partial charge < -0.3 is 15.6 Å². The van der Waals surface area contributed by atoms with Crippen LogP contribution in [0.15, 0.2) is 24.3 Å². The minimum Gasteiger partial charge on any atom is -0.396 e. The summed E-state index contributed by atoms with van der Waals surface area (Å²) in [5, 5.41) is 10.0. The molecule has 2 aromatic rings. The number of alkyl halides is 1. The van der Waals surface area contributed by atoms with Crippen LogP contribution < -0.4 is 5.73 Å². The lowest BCUT2D eigenvalue weighted by molar-refractivity contribution is 0.0128. The number of pyridine rings is 1. The van der Waals surface area contributed by atoms with E-state index in [-0.39, 0.29) is 30.4 Å². The number of rotatable bonds is 4. The van der Waals surface area contributed by atoms with Crippen molar-refractivity contribution < 1.29 is 18.6 Å². The molecule has 6 heteroatoms. The highest BCUT2D eigenvalue weighted by Crippen LogP contribution is 2.38. The third-order valence-corrected chi connectivity index (χ3v) is 4.72. The van der Waals surface area contributed by atoms with E-state index in [2.05, 4.69) is 4.98 Å². The van der Waals surface area contributed by atoms with Gasteiger partial charge in [-0.3, -0.25) is 0 Å². The number of halogens is 2. The van der Waals surface area contributed by atoms with E-state index in [0.29, 0.717) is 23.7 Å². The predicted octanol–water partition coefficient (Wildman–Crippen LogP) is 2.48. The summed E-state index contributed by atoms with van der Waals surface area (Å²) in [7, 11) is 1.55. The first-order valence-electron chi connectivity index (χ1n) is 7.66. The number of nitrogens with zero attached hydrogens (tertiary/aromatic N) is 1. The van der Waals surface area contributed by atoms with Gasteiger partial charge in [-0.2, -0.15) is 0 Å². The van der Waals surface area contributed by atoms with Crippen LogP contribution in [0, 0.1) is 17.7 Å². The SMILES string of the molecule is COC1C(CO)CC(F)C1Cc1ccc2cc(F)c(N)nc2c1. The maximum Gasteiger partial charge on any atom is 0.165 e. The molecule has 0 bridgehead atoms. The molecule has 1 heterocycles. The summed E-state index contributed by atoms with van der Waals surface area (Å²) < 4.78 is 33.1. The fourth-order valence-electron chi connectivity index (χ4n) is 3.54. The van der Waals surface area contributed by atoms with Gasteiger partial charge in [-0.15, -0.1) is 0 Å².